The molecule has 2 aliphatic heterocycles. The first-order valence-electron chi connectivity index (χ1n) is 7.46. The summed E-state index contributed by atoms with van der Waals surface area (Å²) in [6.07, 6.45) is 3.81. The number of aromatic amines is 1. The number of amides is 2. The molecule has 0 spiro atoms. The molecule has 7 nitrogen and oxygen atoms in total. The number of hydrogen-bond acceptors (Lipinski definition) is 4. The van der Waals surface area contributed by atoms with Crippen LogP contribution in [0.3, 0.4) is 0 Å². The summed E-state index contributed by atoms with van der Waals surface area (Å²) in [6, 6.07) is -0.292. The topological polar surface area (TPSA) is 90.1 Å². The molecule has 1 aromatic rings. The van der Waals surface area contributed by atoms with Crippen LogP contribution in [0.15, 0.2) is 6.33 Å². The van der Waals surface area contributed by atoms with Gasteiger partial charge in [-0.05, 0) is 13.3 Å². The Hall–Kier alpha value is -1.89. The molecule has 0 aromatic carbocycles. The van der Waals surface area contributed by atoms with Gasteiger partial charge in [-0.2, -0.15) is 0 Å². The maximum atomic E-state index is 12.3. The van der Waals surface area contributed by atoms with E-state index >= 15 is 0 Å². The Morgan fingerprint density at radius 1 is 1.62 bits per heavy atom. The number of nitrogens with one attached hydrogen (secondary N) is 3. The second-order valence-corrected chi connectivity index (χ2v) is 5.82. The Morgan fingerprint density at radius 3 is 3.24 bits per heavy atom. The van der Waals surface area contributed by atoms with Gasteiger partial charge in [-0.15, -0.1) is 0 Å². The molecular formula is C14H21N5O2. The van der Waals surface area contributed by atoms with Gasteiger partial charge in [0.25, 0.3) is 0 Å². The lowest BCUT2D eigenvalue weighted by molar-refractivity contribution is -0.129. The third-order valence-corrected chi connectivity index (χ3v) is 4.10. The van der Waals surface area contributed by atoms with Crippen molar-refractivity contribution in [2.24, 2.45) is 0 Å². The molecule has 0 radical (unpaired) electrons. The van der Waals surface area contributed by atoms with E-state index in [0.29, 0.717) is 25.9 Å². The van der Waals surface area contributed by atoms with Gasteiger partial charge in [0.15, 0.2) is 0 Å². The van der Waals surface area contributed by atoms with Gasteiger partial charge in [0.2, 0.25) is 11.8 Å². The minimum atomic E-state index is -0.252. The van der Waals surface area contributed by atoms with Gasteiger partial charge in [0.1, 0.15) is 0 Å². The van der Waals surface area contributed by atoms with E-state index in [1.54, 1.807) is 6.33 Å². The van der Waals surface area contributed by atoms with E-state index < -0.39 is 0 Å². The molecule has 0 aliphatic carbocycles. The molecule has 114 valence electrons. The van der Waals surface area contributed by atoms with Gasteiger partial charge in [-0.3, -0.25) is 14.9 Å². The number of H-pyrrole nitrogens is 1. The molecule has 3 N–H and O–H groups in total. The van der Waals surface area contributed by atoms with Crippen molar-refractivity contribution in [2.75, 3.05) is 13.1 Å². The van der Waals surface area contributed by atoms with Crippen molar-refractivity contribution in [3.8, 4) is 0 Å². The molecule has 0 bridgehead atoms. The molecule has 1 aromatic heterocycles. The molecule has 0 saturated carbocycles. The van der Waals surface area contributed by atoms with Crippen LogP contribution in [-0.2, 0) is 22.6 Å². The van der Waals surface area contributed by atoms with Crippen molar-refractivity contribution < 1.29 is 9.59 Å². The largest absolute Gasteiger partial charge is 0.351 e. The van der Waals surface area contributed by atoms with E-state index in [4.69, 9.17) is 0 Å². The zero-order valence-corrected chi connectivity index (χ0v) is 12.2. The SMILES string of the molecule is CC(CN1CCCC1=O)NC(=O)C1Cc2nc[nH]c2CN1. The summed E-state index contributed by atoms with van der Waals surface area (Å²) in [7, 11) is 0. The molecule has 21 heavy (non-hydrogen) atoms. The number of carbonyl (C=O) groups excluding carboxylic acids is 2. The van der Waals surface area contributed by atoms with Gasteiger partial charge in [-0.25, -0.2) is 4.98 Å². The van der Waals surface area contributed by atoms with Crippen LogP contribution in [-0.4, -0.2) is 51.9 Å². The lowest BCUT2D eigenvalue weighted by Gasteiger charge is -2.26. The maximum absolute atomic E-state index is 12.3. The molecule has 7 heteroatoms. The molecule has 2 aliphatic rings. The molecule has 3 heterocycles. The molecule has 1 fully saturated rings. The highest BCUT2D eigenvalue weighted by Gasteiger charge is 2.28. The van der Waals surface area contributed by atoms with Crippen molar-refractivity contribution >= 4 is 11.8 Å². The summed E-state index contributed by atoms with van der Waals surface area (Å²) in [5.74, 6) is 0.163. The van der Waals surface area contributed by atoms with Crippen LogP contribution in [0.5, 0.6) is 0 Å². The fraction of sp³-hybridized carbons (Fsp3) is 0.643. The molecule has 2 amide bonds. The van der Waals surface area contributed by atoms with Crippen LogP contribution in [0.2, 0.25) is 0 Å². The summed E-state index contributed by atoms with van der Waals surface area (Å²) in [5, 5.41) is 6.19. The monoisotopic (exact) mass is 291 g/mol. The zero-order chi connectivity index (χ0) is 14.8. The highest BCUT2D eigenvalue weighted by Crippen LogP contribution is 2.13. The zero-order valence-electron chi connectivity index (χ0n) is 12.2. The van der Waals surface area contributed by atoms with Crippen molar-refractivity contribution in [1.82, 2.24) is 25.5 Å². The van der Waals surface area contributed by atoms with Gasteiger partial charge in [0.05, 0.1) is 23.8 Å². The molecule has 3 rings (SSSR count). The Bertz CT molecular complexity index is 541. The number of hydrogen-bond donors (Lipinski definition) is 3. The Labute approximate surface area is 123 Å². The first-order valence-corrected chi connectivity index (χ1v) is 7.46. The Balaban J connectivity index is 1.51. The van der Waals surface area contributed by atoms with E-state index in [1.807, 2.05) is 11.8 Å². The third kappa shape index (κ3) is 3.07. The quantitative estimate of drug-likeness (QED) is 0.701. The summed E-state index contributed by atoms with van der Waals surface area (Å²) < 4.78 is 0. The fourth-order valence-electron chi connectivity index (χ4n) is 2.97. The van der Waals surface area contributed by atoms with Crippen LogP contribution >= 0.6 is 0 Å². The normalized spacial score (nSPS) is 23.0. The van der Waals surface area contributed by atoms with Crippen LogP contribution in [0.25, 0.3) is 0 Å². The van der Waals surface area contributed by atoms with Gasteiger partial charge in [-0.1, -0.05) is 0 Å². The maximum Gasteiger partial charge on any atom is 0.237 e. The highest BCUT2D eigenvalue weighted by molar-refractivity contribution is 5.83. The van der Waals surface area contributed by atoms with Crippen molar-refractivity contribution in [3.63, 3.8) is 0 Å². The van der Waals surface area contributed by atoms with Crippen LogP contribution in [0, 0.1) is 0 Å². The highest BCUT2D eigenvalue weighted by atomic mass is 16.2. The minimum absolute atomic E-state index is 0.0252. The number of imidazole rings is 1. The van der Waals surface area contributed by atoms with E-state index in [2.05, 4.69) is 20.6 Å². The predicted molar refractivity (Wildman–Crippen MR) is 76.3 cm³/mol. The first kappa shape index (κ1) is 14.1. The van der Waals surface area contributed by atoms with E-state index in [1.165, 1.54) is 0 Å². The second kappa shape index (κ2) is 5.85. The van der Waals surface area contributed by atoms with Gasteiger partial charge < -0.3 is 15.2 Å². The van der Waals surface area contributed by atoms with E-state index in [-0.39, 0.29) is 23.9 Å². The van der Waals surface area contributed by atoms with Crippen molar-refractivity contribution in [1.29, 1.82) is 0 Å². The average Bonchev–Trinajstić information content (AvgIpc) is 3.07. The van der Waals surface area contributed by atoms with Crippen molar-refractivity contribution in [3.05, 3.63) is 17.7 Å². The minimum Gasteiger partial charge on any atom is -0.351 e. The number of nitrogens with zero attached hydrogens (tertiary/aromatic N) is 2. The van der Waals surface area contributed by atoms with Gasteiger partial charge in [0, 0.05) is 38.5 Å². The van der Waals surface area contributed by atoms with E-state index in [9.17, 15) is 9.59 Å². The third-order valence-electron chi connectivity index (χ3n) is 4.10. The standard InChI is InChI=1S/C14H21N5O2/c1-9(7-19-4-2-3-13(19)20)18-14(21)11-5-10-12(6-15-11)17-8-16-10/h8-9,11,15H,2-7H2,1H3,(H,16,17)(H,18,21). The Morgan fingerprint density at radius 2 is 2.48 bits per heavy atom. The van der Waals surface area contributed by atoms with Crippen LogP contribution < -0.4 is 10.6 Å². The average molecular weight is 291 g/mol. The van der Waals surface area contributed by atoms with E-state index in [0.717, 1.165) is 24.4 Å². The lowest BCUT2D eigenvalue weighted by atomic mass is 10.0. The summed E-state index contributed by atoms with van der Waals surface area (Å²) >= 11 is 0. The number of carbonyl (C=O) groups is 2. The number of likely N-dealkylation sites (tertiary alicyclic amines) is 1. The van der Waals surface area contributed by atoms with Crippen LogP contribution in [0.4, 0.5) is 0 Å². The molecule has 2 atom stereocenters. The second-order valence-electron chi connectivity index (χ2n) is 5.82. The summed E-state index contributed by atoms with van der Waals surface area (Å²) in [4.78, 5) is 33.0. The fourth-order valence-corrected chi connectivity index (χ4v) is 2.97. The molecular weight excluding hydrogens is 270 g/mol. The molecule has 2 unspecified atom stereocenters. The lowest BCUT2D eigenvalue weighted by Crippen LogP contribution is -2.52. The summed E-state index contributed by atoms with van der Waals surface area (Å²) in [6.45, 7) is 3.96. The number of aromatic nitrogens is 2. The summed E-state index contributed by atoms with van der Waals surface area (Å²) in [5.41, 5.74) is 2.01. The smallest absolute Gasteiger partial charge is 0.237 e. The van der Waals surface area contributed by atoms with Crippen LogP contribution in [0.1, 0.15) is 31.2 Å². The number of rotatable bonds is 4. The van der Waals surface area contributed by atoms with Gasteiger partial charge >= 0.3 is 0 Å². The molecule has 1 saturated heterocycles. The predicted octanol–water partition coefficient (Wildman–Crippen LogP) is -0.449. The Kier molecular flexibility index (Phi) is 3.92. The number of fused-ring (bicyclic) bond motifs is 1. The first-order chi connectivity index (χ1) is 10.1. The van der Waals surface area contributed by atoms with Crippen molar-refractivity contribution in [2.45, 2.75) is 44.8 Å².